The maximum Gasteiger partial charge on any atom is 0.252 e. The quantitative estimate of drug-likeness (QED) is 0.751. The molecule has 0 atom stereocenters. The normalized spacial score (nSPS) is 12.0. The van der Waals surface area contributed by atoms with Gasteiger partial charge in [-0.25, -0.2) is 0 Å². The molecule has 0 fully saturated rings. The molecule has 1 aromatic rings. The molecule has 1 rings (SSSR count). The minimum absolute atomic E-state index is 0.347. The van der Waals surface area contributed by atoms with E-state index in [1.165, 1.54) is 0 Å². The summed E-state index contributed by atoms with van der Waals surface area (Å²) < 4.78 is 10.0. The van der Waals surface area contributed by atoms with Gasteiger partial charge in [0.1, 0.15) is 6.61 Å². The van der Waals surface area contributed by atoms with E-state index in [0.29, 0.717) is 24.9 Å². The van der Waals surface area contributed by atoms with Gasteiger partial charge in [0.2, 0.25) is 0 Å². The van der Waals surface area contributed by atoms with Crippen molar-refractivity contribution in [3.8, 4) is 0 Å². The maximum absolute atomic E-state index is 5.77. The lowest BCUT2D eigenvalue weighted by Gasteiger charge is -2.11. The molecule has 0 bridgehead atoms. The minimum Gasteiger partial charge on any atom is -0.372 e. The topological polar surface area (TPSA) is 74.2 Å². The van der Waals surface area contributed by atoms with E-state index >= 15 is 0 Å². The Morgan fingerprint density at radius 3 is 2.69 bits per heavy atom. The van der Waals surface area contributed by atoms with Crippen LogP contribution in [0, 0.1) is 0 Å². The number of nitrogens with zero attached hydrogens (tertiary/aromatic N) is 2. The molecule has 0 unspecified atom stereocenters. The molecule has 0 saturated carbocycles. The van der Waals surface area contributed by atoms with Gasteiger partial charge in [-0.15, -0.1) is 0 Å². The summed E-state index contributed by atoms with van der Waals surface area (Å²) in [5, 5.41) is 3.75. The highest BCUT2D eigenvalue weighted by Crippen LogP contribution is 2.12. The molecule has 0 saturated heterocycles. The summed E-state index contributed by atoms with van der Waals surface area (Å²) in [4.78, 5) is 4.09. The lowest BCUT2D eigenvalue weighted by atomic mass is 10.1. The summed E-state index contributed by atoms with van der Waals surface area (Å²) in [7, 11) is 0. The molecule has 1 aromatic heterocycles. The molecule has 1 heterocycles. The van der Waals surface area contributed by atoms with E-state index in [4.69, 9.17) is 15.0 Å². The first-order valence-corrected chi connectivity index (χ1v) is 4.23. The van der Waals surface area contributed by atoms with Crippen LogP contribution in [-0.2, 0) is 16.9 Å². The molecule has 0 aromatic carbocycles. The fraction of sp³-hybridized carbons (Fsp3) is 0.750. The number of ether oxygens (including phenoxy) is 1. The van der Waals surface area contributed by atoms with Crippen molar-refractivity contribution in [1.29, 1.82) is 0 Å². The molecule has 0 spiro atoms. The van der Waals surface area contributed by atoms with Gasteiger partial charge in [-0.2, -0.15) is 4.98 Å². The van der Waals surface area contributed by atoms with Gasteiger partial charge in [0.05, 0.1) is 5.54 Å². The second-order valence-electron chi connectivity index (χ2n) is 3.37. The van der Waals surface area contributed by atoms with Crippen LogP contribution in [0.1, 0.15) is 32.5 Å². The van der Waals surface area contributed by atoms with Crippen LogP contribution in [0.15, 0.2) is 4.52 Å². The Bertz CT molecular complexity index is 265. The molecule has 74 valence electrons. The zero-order valence-corrected chi connectivity index (χ0v) is 8.20. The predicted molar refractivity (Wildman–Crippen MR) is 46.8 cm³/mol. The highest BCUT2D eigenvalue weighted by Gasteiger charge is 2.21. The largest absolute Gasteiger partial charge is 0.372 e. The number of hydrogen-bond donors (Lipinski definition) is 1. The van der Waals surface area contributed by atoms with Crippen LogP contribution in [-0.4, -0.2) is 16.7 Å². The van der Waals surface area contributed by atoms with E-state index < -0.39 is 5.54 Å². The maximum atomic E-state index is 5.77. The van der Waals surface area contributed by atoms with Crippen molar-refractivity contribution in [3.05, 3.63) is 11.7 Å². The SMILES string of the molecule is CCOCc1nc(C(C)(C)N)no1. The first-order valence-electron chi connectivity index (χ1n) is 4.23. The zero-order chi connectivity index (χ0) is 9.90. The number of rotatable bonds is 4. The highest BCUT2D eigenvalue weighted by atomic mass is 16.5. The van der Waals surface area contributed by atoms with E-state index in [-0.39, 0.29) is 0 Å². The summed E-state index contributed by atoms with van der Waals surface area (Å²) in [6.45, 7) is 6.53. The van der Waals surface area contributed by atoms with Gasteiger partial charge in [-0.1, -0.05) is 5.16 Å². The van der Waals surface area contributed by atoms with Crippen molar-refractivity contribution in [2.24, 2.45) is 5.73 Å². The average molecular weight is 185 g/mol. The Balaban J connectivity index is 2.64. The Morgan fingerprint density at radius 2 is 2.23 bits per heavy atom. The molecular weight excluding hydrogens is 170 g/mol. The van der Waals surface area contributed by atoms with Crippen molar-refractivity contribution in [2.45, 2.75) is 32.9 Å². The summed E-state index contributed by atoms with van der Waals surface area (Å²) in [5.41, 5.74) is 5.21. The lowest BCUT2D eigenvalue weighted by Crippen LogP contribution is -2.30. The summed E-state index contributed by atoms with van der Waals surface area (Å²) in [5.74, 6) is 0.970. The van der Waals surface area contributed by atoms with Crippen molar-refractivity contribution < 1.29 is 9.26 Å². The first-order chi connectivity index (χ1) is 6.04. The molecule has 0 radical (unpaired) electrons. The van der Waals surface area contributed by atoms with E-state index in [0.717, 1.165) is 0 Å². The van der Waals surface area contributed by atoms with E-state index in [2.05, 4.69) is 10.1 Å². The fourth-order valence-corrected chi connectivity index (χ4v) is 0.765. The lowest BCUT2D eigenvalue weighted by molar-refractivity contribution is 0.109. The first kappa shape index (κ1) is 10.1. The molecular formula is C8H15N3O2. The Labute approximate surface area is 77.3 Å². The molecule has 13 heavy (non-hydrogen) atoms. The van der Waals surface area contributed by atoms with Crippen LogP contribution in [0.4, 0.5) is 0 Å². The van der Waals surface area contributed by atoms with E-state index in [9.17, 15) is 0 Å². The van der Waals surface area contributed by atoms with Gasteiger partial charge in [-0.3, -0.25) is 0 Å². The minimum atomic E-state index is -0.562. The molecule has 0 amide bonds. The highest BCUT2D eigenvalue weighted by molar-refractivity contribution is 4.98. The average Bonchev–Trinajstić information content (AvgIpc) is 2.47. The van der Waals surface area contributed by atoms with Gasteiger partial charge < -0.3 is 15.0 Å². The standard InChI is InChI=1S/C8H15N3O2/c1-4-12-5-6-10-7(11-13-6)8(2,3)9/h4-5,9H2,1-3H3. The number of aromatic nitrogens is 2. The fourth-order valence-electron chi connectivity index (χ4n) is 0.765. The molecule has 5 nitrogen and oxygen atoms in total. The summed E-state index contributed by atoms with van der Waals surface area (Å²) in [6.07, 6.45) is 0. The third-order valence-electron chi connectivity index (χ3n) is 1.47. The smallest absolute Gasteiger partial charge is 0.252 e. The van der Waals surface area contributed by atoms with Crippen molar-refractivity contribution in [3.63, 3.8) is 0 Å². The van der Waals surface area contributed by atoms with Crippen LogP contribution in [0.3, 0.4) is 0 Å². The monoisotopic (exact) mass is 185 g/mol. The zero-order valence-electron chi connectivity index (χ0n) is 8.20. The van der Waals surface area contributed by atoms with Crippen molar-refractivity contribution >= 4 is 0 Å². The van der Waals surface area contributed by atoms with Gasteiger partial charge in [0.25, 0.3) is 5.89 Å². The second-order valence-corrected chi connectivity index (χ2v) is 3.37. The van der Waals surface area contributed by atoms with E-state index in [1.54, 1.807) is 0 Å². The second kappa shape index (κ2) is 3.85. The van der Waals surface area contributed by atoms with Crippen LogP contribution in [0.25, 0.3) is 0 Å². The molecule has 5 heteroatoms. The molecule has 2 N–H and O–H groups in total. The predicted octanol–water partition coefficient (Wildman–Crippen LogP) is 0.800. The van der Waals surface area contributed by atoms with Gasteiger partial charge in [0, 0.05) is 6.61 Å². The Morgan fingerprint density at radius 1 is 1.54 bits per heavy atom. The number of hydrogen-bond acceptors (Lipinski definition) is 5. The Hall–Kier alpha value is -0.940. The third kappa shape index (κ3) is 2.78. The van der Waals surface area contributed by atoms with Crippen molar-refractivity contribution in [2.75, 3.05) is 6.61 Å². The van der Waals surface area contributed by atoms with Crippen LogP contribution in [0.2, 0.25) is 0 Å². The molecule has 0 aliphatic carbocycles. The van der Waals surface area contributed by atoms with Crippen molar-refractivity contribution in [1.82, 2.24) is 10.1 Å². The van der Waals surface area contributed by atoms with Crippen LogP contribution in [0.5, 0.6) is 0 Å². The van der Waals surface area contributed by atoms with Gasteiger partial charge in [-0.05, 0) is 20.8 Å². The van der Waals surface area contributed by atoms with Crippen LogP contribution < -0.4 is 5.73 Å². The van der Waals surface area contributed by atoms with Crippen LogP contribution >= 0.6 is 0 Å². The van der Waals surface area contributed by atoms with E-state index in [1.807, 2.05) is 20.8 Å². The Kier molecular flexibility index (Phi) is 3.00. The summed E-state index contributed by atoms with van der Waals surface area (Å²) >= 11 is 0. The third-order valence-corrected chi connectivity index (χ3v) is 1.47. The number of nitrogens with two attached hydrogens (primary N) is 1. The summed E-state index contributed by atoms with van der Waals surface area (Å²) in [6, 6.07) is 0. The van der Waals surface area contributed by atoms with Gasteiger partial charge in [0.15, 0.2) is 5.82 Å². The molecule has 0 aliphatic rings. The van der Waals surface area contributed by atoms with Gasteiger partial charge >= 0.3 is 0 Å². The molecule has 0 aliphatic heterocycles.